The van der Waals surface area contributed by atoms with Gasteiger partial charge in [0.15, 0.2) is 0 Å². The number of carbonyl (C=O) groups excluding carboxylic acids is 1. The number of thioether (sulfide) groups is 1. The number of likely N-dealkylation sites (N-methyl/N-ethyl adjacent to an activating group) is 1. The Morgan fingerprint density at radius 2 is 2.00 bits per heavy atom. The molecular weight excluding hydrogens is 270 g/mol. The normalized spacial score (nSPS) is 17.6. The Morgan fingerprint density at radius 3 is 2.44 bits per heavy atom. The highest BCUT2D eigenvalue weighted by Crippen LogP contribution is 2.31. The molecule has 1 amide bonds. The Hall–Kier alpha value is -1.66. The third kappa shape index (κ3) is 2.44. The van der Waals surface area contributed by atoms with Gasteiger partial charge in [0.1, 0.15) is 4.32 Å². The summed E-state index contributed by atoms with van der Waals surface area (Å²) in [6, 6.07) is 6.32. The molecule has 0 aliphatic carbocycles. The third-order valence-electron chi connectivity index (χ3n) is 2.44. The van der Waals surface area contributed by atoms with E-state index in [4.69, 9.17) is 17.3 Å². The van der Waals surface area contributed by atoms with Crippen molar-refractivity contribution in [1.29, 1.82) is 0 Å². The summed E-state index contributed by atoms with van der Waals surface area (Å²) < 4.78 is 0.522. The van der Waals surface area contributed by atoms with Crippen LogP contribution in [0.25, 0.3) is 6.08 Å². The quantitative estimate of drug-likeness (QED) is 0.664. The maximum atomic E-state index is 11.8. The van der Waals surface area contributed by atoms with E-state index in [-0.39, 0.29) is 11.5 Å². The fourth-order valence-electron chi connectivity index (χ4n) is 1.42. The van der Waals surface area contributed by atoms with Gasteiger partial charge in [-0.15, -0.1) is 0 Å². The van der Waals surface area contributed by atoms with Crippen LogP contribution in [0.4, 0.5) is 0 Å². The van der Waals surface area contributed by atoms with E-state index in [1.54, 1.807) is 25.3 Å². The van der Waals surface area contributed by atoms with Gasteiger partial charge in [-0.2, -0.15) is 0 Å². The van der Waals surface area contributed by atoms with Crippen molar-refractivity contribution in [3.8, 4) is 0 Å². The molecule has 0 radical (unpaired) electrons. The molecule has 0 unspecified atom stereocenters. The molecular formula is C12H9NO3S2. The largest absolute Gasteiger partial charge is 0.478 e. The highest BCUT2D eigenvalue weighted by molar-refractivity contribution is 8.26. The van der Waals surface area contributed by atoms with Gasteiger partial charge in [0, 0.05) is 7.05 Å². The molecule has 4 nitrogen and oxygen atoms in total. The lowest BCUT2D eigenvalue weighted by molar-refractivity contribution is -0.121. The SMILES string of the molecule is CN1C(=O)/C(=C\c2ccc(C(=O)O)cc2)SC1=S. The predicted octanol–water partition coefficient (Wildman–Crippen LogP) is 2.22. The number of rotatable bonds is 2. The third-order valence-corrected chi connectivity index (χ3v) is 3.93. The number of carboxylic acids is 1. The van der Waals surface area contributed by atoms with E-state index in [1.807, 2.05) is 0 Å². The van der Waals surface area contributed by atoms with Crippen LogP contribution in [0, 0.1) is 0 Å². The lowest BCUT2D eigenvalue weighted by Gasteiger charge is -2.03. The molecule has 1 aliphatic rings. The number of aromatic carboxylic acids is 1. The molecule has 1 aromatic rings. The van der Waals surface area contributed by atoms with Crippen LogP contribution >= 0.6 is 24.0 Å². The van der Waals surface area contributed by atoms with Gasteiger partial charge < -0.3 is 5.11 Å². The lowest BCUT2D eigenvalue weighted by Crippen LogP contribution is -2.22. The van der Waals surface area contributed by atoms with Crippen molar-refractivity contribution in [2.75, 3.05) is 7.05 Å². The van der Waals surface area contributed by atoms with Crippen LogP contribution in [0.5, 0.6) is 0 Å². The molecule has 1 heterocycles. The standard InChI is InChI=1S/C12H9NO3S2/c1-13-10(14)9(18-12(13)17)6-7-2-4-8(5-3-7)11(15)16/h2-6H,1H3,(H,15,16)/b9-6+. The van der Waals surface area contributed by atoms with Gasteiger partial charge in [0.2, 0.25) is 0 Å². The van der Waals surface area contributed by atoms with Crippen molar-refractivity contribution in [1.82, 2.24) is 4.90 Å². The van der Waals surface area contributed by atoms with Crippen molar-refractivity contribution in [2.45, 2.75) is 0 Å². The summed E-state index contributed by atoms with van der Waals surface area (Å²) >= 11 is 6.26. The Balaban J connectivity index is 2.26. The molecule has 1 aromatic carbocycles. The first-order chi connectivity index (χ1) is 8.49. The summed E-state index contributed by atoms with van der Waals surface area (Å²) in [5, 5.41) is 8.77. The molecule has 0 aromatic heterocycles. The molecule has 18 heavy (non-hydrogen) atoms. The second-order valence-electron chi connectivity index (χ2n) is 3.67. The van der Waals surface area contributed by atoms with E-state index in [0.717, 1.165) is 5.56 Å². The minimum Gasteiger partial charge on any atom is -0.478 e. The molecule has 2 rings (SSSR count). The number of amides is 1. The van der Waals surface area contributed by atoms with Crippen LogP contribution < -0.4 is 0 Å². The molecule has 1 aliphatic heterocycles. The van der Waals surface area contributed by atoms with Crippen LogP contribution in [0.15, 0.2) is 29.2 Å². The zero-order valence-corrected chi connectivity index (χ0v) is 11.0. The smallest absolute Gasteiger partial charge is 0.335 e. The molecule has 0 spiro atoms. The Morgan fingerprint density at radius 1 is 1.39 bits per heavy atom. The van der Waals surface area contributed by atoms with Crippen molar-refractivity contribution in [3.63, 3.8) is 0 Å². The number of nitrogens with zero attached hydrogens (tertiary/aromatic N) is 1. The predicted molar refractivity (Wildman–Crippen MR) is 74.3 cm³/mol. The van der Waals surface area contributed by atoms with Crippen molar-refractivity contribution in [3.05, 3.63) is 40.3 Å². The van der Waals surface area contributed by atoms with Gasteiger partial charge in [0.05, 0.1) is 10.5 Å². The number of thiocarbonyl (C=S) groups is 1. The van der Waals surface area contributed by atoms with E-state index in [1.165, 1.54) is 28.8 Å². The van der Waals surface area contributed by atoms with Gasteiger partial charge in [0.25, 0.3) is 5.91 Å². The number of carbonyl (C=O) groups is 2. The van der Waals surface area contributed by atoms with Gasteiger partial charge in [-0.3, -0.25) is 9.69 Å². The zero-order chi connectivity index (χ0) is 13.3. The van der Waals surface area contributed by atoms with Crippen LogP contribution in [0.2, 0.25) is 0 Å². The maximum Gasteiger partial charge on any atom is 0.335 e. The van der Waals surface area contributed by atoms with Gasteiger partial charge in [-0.1, -0.05) is 36.1 Å². The fraction of sp³-hybridized carbons (Fsp3) is 0.0833. The van der Waals surface area contributed by atoms with E-state index in [0.29, 0.717) is 9.23 Å². The summed E-state index contributed by atoms with van der Waals surface area (Å²) in [6.45, 7) is 0. The summed E-state index contributed by atoms with van der Waals surface area (Å²) in [5.74, 6) is -1.10. The molecule has 1 fully saturated rings. The van der Waals surface area contributed by atoms with E-state index >= 15 is 0 Å². The van der Waals surface area contributed by atoms with E-state index in [9.17, 15) is 9.59 Å². The maximum absolute atomic E-state index is 11.8. The summed E-state index contributed by atoms with van der Waals surface area (Å²) in [4.78, 5) is 24.4. The first-order valence-corrected chi connectivity index (χ1v) is 6.26. The average molecular weight is 279 g/mol. The number of hydrogen-bond donors (Lipinski definition) is 1. The lowest BCUT2D eigenvalue weighted by atomic mass is 10.1. The second-order valence-corrected chi connectivity index (χ2v) is 5.34. The summed E-state index contributed by atoms with van der Waals surface area (Å²) in [5.41, 5.74) is 0.990. The minimum atomic E-state index is -0.971. The van der Waals surface area contributed by atoms with Crippen LogP contribution in [0.3, 0.4) is 0 Å². The van der Waals surface area contributed by atoms with Crippen LogP contribution in [0.1, 0.15) is 15.9 Å². The number of hydrogen-bond acceptors (Lipinski definition) is 4. The highest BCUT2D eigenvalue weighted by atomic mass is 32.2. The van der Waals surface area contributed by atoms with Crippen molar-refractivity contribution < 1.29 is 14.7 Å². The summed E-state index contributed by atoms with van der Waals surface area (Å²) in [6.07, 6.45) is 1.70. The number of carboxylic acid groups (broad SMARTS) is 1. The van der Waals surface area contributed by atoms with E-state index < -0.39 is 5.97 Å². The Labute approximate surface area is 113 Å². The Kier molecular flexibility index (Phi) is 3.49. The first kappa shape index (κ1) is 12.8. The topological polar surface area (TPSA) is 57.6 Å². The monoisotopic (exact) mass is 279 g/mol. The molecule has 1 saturated heterocycles. The van der Waals surface area contributed by atoms with Crippen molar-refractivity contribution >= 4 is 46.3 Å². The van der Waals surface area contributed by atoms with Crippen LogP contribution in [-0.2, 0) is 4.79 Å². The van der Waals surface area contributed by atoms with Crippen molar-refractivity contribution in [2.24, 2.45) is 0 Å². The van der Waals surface area contributed by atoms with Gasteiger partial charge in [-0.05, 0) is 23.8 Å². The summed E-state index contributed by atoms with van der Waals surface area (Å²) in [7, 11) is 1.63. The van der Waals surface area contributed by atoms with E-state index in [2.05, 4.69) is 0 Å². The first-order valence-electron chi connectivity index (χ1n) is 5.04. The Bertz CT molecular complexity index is 563. The number of benzene rings is 1. The molecule has 6 heteroatoms. The fourth-order valence-corrected chi connectivity index (χ4v) is 2.60. The molecule has 92 valence electrons. The van der Waals surface area contributed by atoms with Gasteiger partial charge in [-0.25, -0.2) is 4.79 Å². The van der Waals surface area contributed by atoms with Crippen LogP contribution in [-0.4, -0.2) is 33.3 Å². The second kappa shape index (κ2) is 4.91. The van der Waals surface area contributed by atoms with Gasteiger partial charge >= 0.3 is 5.97 Å². The average Bonchev–Trinajstić information content (AvgIpc) is 2.58. The minimum absolute atomic E-state index is 0.132. The molecule has 0 saturated carbocycles. The molecule has 0 atom stereocenters. The highest BCUT2D eigenvalue weighted by Gasteiger charge is 2.28. The molecule has 0 bridgehead atoms. The zero-order valence-electron chi connectivity index (χ0n) is 9.41. The molecule has 1 N–H and O–H groups in total.